The fourth-order valence-corrected chi connectivity index (χ4v) is 1.55. The van der Waals surface area contributed by atoms with E-state index in [1.807, 2.05) is 0 Å². The van der Waals surface area contributed by atoms with Crippen molar-refractivity contribution in [2.75, 3.05) is 13.2 Å². The van der Waals surface area contributed by atoms with Gasteiger partial charge in [-0.05, 0) is 32.2 Å². The Morgan fingerprint density at radius 2 is 1.73 bits per heavy atom. The van der Waals surface area contributed by atoms with E-state index in [1.54, 1.807) is 0 Å². The van der Waals surface area contributed by atoms with Gasteiger partial charge in [-0.2, -0.15) is 0 Å². The number of rotatable bonds is 11. The molecule has 1 atom stereocenters. The minimum Gasteiger partial charge on any atom is -0.396 e. The Labute approximate surface area is 93.9 Å². The van der Waals surface area contributed by atoms with Crippen LogP contribution in [-0.4, -0.2) is 29.6 Å². The summed E-state index contributed by atoms with van der Waals surface area (Å²) in [7, 11) is 0. The molecule has 0 aromatic rings. The van der Waals surface area contributed by atoms with Crippen LogP contribution in [0.2, 0.25) is 0 Å². The van der Waals surface area contributed by atoms with E-state index in [0.717, 1.165) is 32.2 Å². The van der Waals surface area contributed by atoms with Crippen molar-refractivity contribution in [3.63, 3.8) is 0 Å². The summed E-state index contributed by atoms with van der Waals surface area (Å²) in [5.41, 5.74) is 0. The molecule has 1 unspecified atom stereocenters. The molecule has 0 saturated heterocycles. The van der Waals surface area contributed by atoms with Crippen molar-refractivity contribution in [2.45, 2.75) is 64.5 Å². The van der Waals surface area contributed by atoms with Crippen molar-refractivity contribution in [1.82, 2.24) is 5.32 Å². The van der Waals surface area contributed by atoms with E-state index in [-0.39, 0.29) is 12.8 Å². The predicted octanol–water partition coefficient (Wildman–Crippen LogP) is 2.03. The standard InChI is InChI=1S/C12H27NO2/c1-2-3-4-5-6-9-12(15)13-10-7-8-11-14/h12-15H,2-11H2,1H3. The van der Waals surface area contributed by atoms with Gasteiger partial charge in [0, 0.05) is 6.61 Å². The van der Waals surface area contributed by atoms with Crippen molar-refractivity contribution in [3.8, 4) is 0 Å². The number of hydrogen-bond donors (Lipinski definition) is 3. The smallest absolute Gasteiger partial charge is 0.104 e. The summed E-state index contributed by atoms with van der Waals surface area (Å²) in [6.45, 7) is 3.25. The van der Waals surface area contributed by atoms with Gasteiger partial charge < -0.3 is 10.2 Å². The van der Waals surface area contributed by atoms with Crippen molar-refractivity contribution in [1.29, 1.82) is 0 Å². The monoisotopic (exact) mass is 217 g/mol. The maximum absolute atomic E-state index is 9.53. The summed E-state index contributed by atoms with van der Waals surface area (Å²) in [4.78, 5) is 0. The predicted molar refractivity (Wildman–Crippen MR) is 63.7 cm³/mol. The first-order chi connectivity index (χ1) is 7.31. The average Bonchev–Trinajstić information content (AvgIpc) is 2.24. The normalized spacial score (nSPS) is 13.0. The van der Waals surface area contributed by atoms with Gasteiger partial charge in [0.15, 0.2) is 0 Å². The Balaban J connectivity index is 3.08. The molecule has 0 radical (unpaired) electrons. The highest BCUT2D eigenvalue weighted by molar-refractivity contribution is 4.54. The summed E-state index contributed by atoms with van der Waals surface area (Å²) in [5.74, 6) is 0. The van der Waals surface area contributed by atoms with E-state index in [0.29, 0.717) is 0 Å². The van der Waals surface area contributed by atoms with Gasteiger partial charge in [0.1, 0.15) is 6.23 Å². The molecule has 0 aliphatic heterocycles. The van der Waals surface area contributed by atoms with Crippen LogP contribution < -0.4 is 5.32 Å². The molecule has 3 N–H and O–H groups in total. The van der Waals surface area contributed by atoms with E-state index in [4.69, 9.17) is 5.11 Å². The van der Waals surface area contributed by atoms with Crippen LogP contribution in [0.1, 0.15) is 58.3 Å². The first kappa shape index (κ1) is 14.9. The lowest BCUT2D eigenvalue weighted by Crippen LogP contribution is -2.29. The highest BCUT2D eigenvalue weighted by atomic mass is 16.3. The Morgan fingerprint density at radius 3 is 2.40 bits per heavy atom. The van der Waals surface area contributed by atoms with Gasteiger partial charge in [-0.3, -0.25) is 5.32 Å². The molecule has 3 heteroatoms. The second-order valence-electron chi connectivity index (χ2n) is 4.10. The summed E-state index contributed by atoms with van der Waals surface area (Å²) < 4.78 is 0. The number of nitrogens with one attached hydrogen (secondary N) is 1. The SMILES string of the molecule is CCCCCCCC(O)NCCCCO. The molecule has 0 bridgehead atoms. The van der Waals surface area contributed by atoms with E-state index >= 15 is 0 Å². The van der Waals surface area contributed by atoms with Crippen LogP contribution in [0.5, 0.6) is 0 Å². The summed E-state index contributed by atoms with van der Waals surface area (Å²) in [6, 6.07) is 0. The second-order valence-corrected chi connectivity index (χ2v) is 4.10. The van der Waals surface area contributed by atoms with Gasteiger partial charge in [0.2, 0.25) is 0 Å². The number of hydrogen-bond acceptors (Lipinski definition) is 3. The summed E-state index contributed by atoms with van der Waals surface area (Å²) in [5, 5.41) is 21.1. The number of aliphatic hydroxyl groups excluding tert-OH is 2. The highest BCUT2D eigenvalue weighted by Gasteiger charge is 2.01. The first-order valence-corrected chi connectivity index (χ1v) is 6.33. The van der Waals surface area contributed by atoms with E-state index < -0.39 is 0 Å². The lowest BCUT2D eigenvalue weighted by atomic mass is 10.1. The van der Waals surface area contributed by atoms with Crippen LogP contribution in [0.25, 0.3) is 0 Å². The molecule has 92 valence electrons. The third-order valence-electron chi connectivity index (χ3n) is 2.55. The maximum Gasteiger partial charge on any atom is 0.104 e. The summed E-state index contributed by atoms with van der Waals surface area (Å²) >= 11 is 0. The fourth-order valence-electron chi connectivity index (χ4n) is 1.55. The Hall–Kier alpha value is -0.120. The molecule has 3 nitrogen and oxygen atoms in total. The molecule has 0 amide bonds. The van der Waals surface area contributed by atoms with Gasteiger partial charge in [-0.25, -0.2) is 0 Å². The van der Waals surface area contributed by atoms with Crippen LogP contribution in [0, 0.1) is 0 Å². The molecule has 0 rings (SSSR count). The molecule has 15 heavy (non-hydrogen) atoms. The van der Waals surface area contributed by atoms with Crippen LogP contribution in [0.15, 0.2) is 0 Å². The molecule has 0 aromatic heterocycles. The summed E-state index contributed by atoms with van der Waals surface area (Å²) in [6.07, 6.45) is 8.43. The van der Waals surface area contributed by atoms with Crippen LogP contribution in [0.3, 0.4) is 0 Å². The van der Waals surface area contributed by atoms with Crippen molar-refractivity contribution in [2.24, 2.45) is 0 Å². The number of unbranched alkanes of at least 4 members (excludes halogenated alkanes) is 5. The molecule has 0 aliphatic rings. The Morgan fingerprint density at radius 1 is 1.00 bits per heavy atom. The van der Waals surface area contributed by atoms with Gasteiger partial charge in [0.25, 0.3) is 0 Å². The number of aliphatic hydroxyl groups is 2. The minimum absolute atomic E-state index is 0.245. The zero-order chi connectivity index (χ0) is 11.4. The third kappa shape index (κ3) is 11.8. The molecule has 0 heterocycles. The van der Waals surface area contributed by atoms with Crippen LogP contribution >= 0.6 is 0 Å². The van der Waals surface area contributed by atoms with E-state index in [2.05, 4.69) is 12.2 Å². The lowest BCUT2D eigenvalue weighted by Gasteiger charge is -2.12. The first-order valence-electron chi connectivity index (χ1n) is 6.33. The fraction of sp³-hybridized carbons (Fsp3) is 1.00. The molecule has 0 aliphatic carbocycles. The third-order valence-corrected chi connectivity index (χ3v) is 2.55. The maximum atomic E-state index is 9.53. The van der Waals surface area contributed by atoms with Crippen LogP contribution in [0.4, 0.5) is 0 Å². The van der Waals surface area contributed by atoms with E-state index in [1.165, 1.54) is 25.7 Å². The quantitative estimate of drug-likeness (QED) is 0.366. The minimum atomic E-state index is -0.356. The topological polar surface area (TPSA) is 52.5 Å². The van der Waals surface area contributed by atoms with E-state index in [9.17, 15) is 5.11 Å². The average molecular weight is 217 g/mol. The molecule has 0 fully saturated rings. The van der Waals surface area contributed by atoms with Crippen molar-refractivity contribution >= 4 is 0 Å². The molecule has 0 spiro atoms. The zero-order valence-corrected chi connectivity index (χ0v) is 10.0. The van der Waals surface area contributed by atoms with Crippen LogP contribution in [-0.2, 0) is 0 Å². The molecule has 0 aromatic carbocycles. The lowest BCUT2D eigenvalue weighted by molar-refractivity contribution is 0.123. The Bertz CT molecular complexity index is 120. The van der Waals surface area contributed by atoms with Gasteiger partial charge in [-0.1, -0.05) is 32.6 Å². The largest absolute Gasteiger partial charge is 0.396 e. The Kier molecular flexibility index (Phi) is 11.9. The zero-order valence-electron chi connectivity index (χ0n) is 10.0. The second kappa shape index (κ2) is 12.0. The van der Waals surface area contributed by atoms with Crippen molar-refractivity contribution < 1.29 is 10.2 Å². The highest BCUT2D eigenvalue weighted by Crippen LogP contribution is 2.06. The molecular formula is C12H27NO2. The van der Waals surface area contributed by atoms with Gasteiger partial charge in [0.05, 0.1) is 0 Å². The van der Waals surface area contributed by atoms with Gasteiger partial charge in [-0.15, -0.1) is 0 Å². The molecular weight excluding hydrogens is 190 g/mol. The van der Waals surface area contributed by atoms with Crippen molar-refractivity contribution in [3.05, 3.63) is 0 Å². The van der Waals surface area contributed by atoms with Gasteiger partial charge >= 0.3 is 0 Å². The molecule has 0 saturated carbocycles.